The zero-order chi connectivity index (χ0) is 16.4. The van der Waals surface area contributed by atoms with Crippen LogP contribution in [0.5, 0.6) is 5.75 Å². The largest absolute Gasteiger partial charge is 0.496 e. The number of nitrogen functional groups attached to an aromatic ring is 1. The molecule has 5 heteroatoms. The van der Waals surface area contributed by atoms with Gasteiger partial charge >= 0.3 is 0 Å². The third-order valence-corrected chi connectivity index (χ3v) is 4.45. The molecule has 0 fully saturated rings. The number of benzene rings is 2. The Labute approximate surface area is 143 Å². The third-order valence-electron chi connectivity index (χ3n) is 3.83. The SMILES string of the molecule is COc1cc2c(N[C@H](C)c3ccccc3)c(N)cnc2cc1Br. The second-order valence-corrected chi connectivity index (χ2v) is 6.22. The maximum atomic E-state index is 6.17. The first-order valence-electron chi connectivity index (χ1n) is 7.33. The normalized spacial score (nSPS) is 12.1. The molecule has 0 amide bonds. The lowest BCUT2D eigenvalue weighted by atomic mass is 10.1. The molecule has 118 valence electrons. The second-order valence-electron chi connectivity index (χ2n) is 5.37. The molecule has 1 atom stereocenters. The van der Waals surface area contributed by atoms with Gasteiger partial charge in [-0.15, -0.1) is 0 Å². The molecule has 0 saturated heterocycles. The third kappa shape index (κ3) is 3.10. The van der Waals surface area contributed by atoms with Crippen LogP contribution in [0.4, 0.5) is 11.4 Å². The molecule has 0 spiro atoms. The number of pyridine rings is 1. The summed E-state index contributed by atoms with van der Waals surface area (Å²) in [5.74, 6) is 0.750. The van der Waals surface area contributed by atoms with Gasteiger partial charge in [-0.05, 0) is 40.5 Å². The monoisotopic (exact) mass is 371 g/mol. The van der Waals surface area contributed by atoms with Crippen LogP contribution in [0.3, 0.4) is 0 Å². The maximum Gasteiger partial charge on any atom is 0.133 e. The average molecular weight is 372 g/mol. The van der Waals surface area contributed by atoms with Gasteiger partial charge in [0.05, 0.1) is 34.7 Å². The number of nitrogens with two attached hydrogens (primary N) is 1. The highest BCUT2D eigenvalue weighted by atomic mass is 79.9. The predicted molar refractivity (Wildman–Crippen MR) is 98.9 cm³/mol. The molecular weight excluding hydrogens is 354 g/mol. The number of nitrogens with one attached hydrogen (secondary N) is 1. The molecule has 3 N–H and O–H groups in total. The van der Waals surface area contributed by atoms with Gasteiger partial charge in [0.25, 0.3) is 0 Å². The quantitative estimate of drug-likeness (QED) is 0.693. The molecule has 3 aromatic rings. The lowest BCUT2D eigenvalue weighted by Crippen LogP contribution is -2.09. The number of halogens is 1. The Morgan fingerprint density at radius 2 is 1.96 bits per heavy atom. The standard InChI is InChI=1S/C18H18BrN3O/c1-11(12-6-4-3-5-7-12)22-18-13-8-17(23-2)14(19)9-16(13)21-10-15(18)20/h3-11H,20H2,1-2H3,(H,21,22)/t11-/m1/s1. The number of methoxy groups -OCH3 is 1. The van der Waals surface area contributed by atoms with Gasteiger partial charge in [0, 0.05) is 11.4 Å². The molecule has 0 radical (unpaired) electrons. The summed E-state index contributed by atoms with van der Waals surface area (Å²) in [5.41, 5.74) is 9.70. The van der Waals surface area contributed by atoms with E-state index in [1.54, 1.807) is 13.3 Å². The van der Waals surface area contributed by atoms with Crippen LogP contribution in [0.1, 0.15) is 18.5 Å². The zero-order valence-corrected chi connectivity index (χ0v) is 14.6. The molecule has 0 unspecified atom stereocenters. The van der Waals surface area contributed by atoms with E-state index in [9.17, 15) is 0 Å². The number of anilines is 2. The lowest BCUT2D eigenvalue weighted by molar-refractivity contribution is 0.413. The fourth-order valence-corrected chi connectivity index (χ4v) is 3.06. The molecule has 2 aromatic carbocycles. The minimum absolute atomic E-state index is 0.124. The van der Waals surface area contributed by atoms with Crippen molar-refractivity contribution in [2.45, 2.75) is 13.0 Å². The summed E-state index contributed by atoms with van der Waals surface area (Å²) in [4.78, 5) is 4.41. The Morgan fingerprint density at radius 3 is 2.65 bits per heavy atom. The molecule has 0 aliphatic heterocycles. The van der Waals surface area contributed by atoms with Gasteiger partial charge in [0.2, 0.25) is 0 Å². The van der Waals surface area contributed by atoms with Crippen molar-refractivity contribution >= 4 is 38.2 Å². The second kappa shape index (κ2) is 6.46. The Kier molecular flexibility index (Phi) is 4.39. The minimum atomic E-state index is 0.124. The van der Waals surface area contributed by atoms with Gasteiger partial charge in [-0.2, -0.15) is 0 Å². The fraction of sp³-hybridized carbons (Fsp3) is 0.167. The van der Waals surface area contributed by atoms with E-state index in [2.05, 4.69) is 45.3 Å². The lowest BCUT2D eigenvalue weighted by Gasteiger charge is -2.19. The molecule has 1 heterocycles. The topological polar surface area (TPSA) is 60.2 Å². The first-order valence-corrected chi connectivity index (χ1v) is 8.12. The summed E-state index contributed by atoms with van der Waals surface area (Å²) in [5, 5.41) is 4.44. The first kappa shape index (κ1) is 15.6. The van der Waals surface area contributed by atoms with Gasteiger partial charge in [0.15, 0.2) is 0 Å². The number of ether oxygens (including phenoxy) is 1. The van der Waals surface area contributed by atoms with Crippen molar-refractivity contribution in [2.75, 3.05) is 18.2 Å². The smallest absolute Gasteiger partial charge is 0.133 e. The Morgan fingerprint density at radius 1 is 1.22 bits per heavy atom. The van der Waals surface area contributed by atoms with Crippen LogP contribution in [0, 0.1) is 0 Å². The highest BCUT2D eigenvalue weighted by Gasteiger charge is 2.13. The number of rotatable bonds is 4. The minimum Gasteiger partial charge on any atom is -0.496 e. The van der Waals surface area contributed by atoms with Crippen molar-refractivity contribution in [3.8, 4) is 5.75 Å². The van der Waals surface area contributed by atoms with Crippen LogP contribution in [0.2, 0.25) is 0 Å². The molecule has 0 saturated carbocycles. The summed E-state index contributed by atoms with van der Waals surface area (Å²) in [6, 6.07) is 14.3. The number of fused-ring (bicyclic) bond motifs is 1. The summed E-state index contributed by atoms with van der Waals surface area (Å²) in [6.07, 6.45) is 1.68. The van der Waals surface area contributed by atoms with Crippen LogP contribution in [-0.4, -0.2) is 12.1 Å². The van der Waals surface area contributed by atoms with Crippen molar-refractivity contribution in [3.63, 3.8) is 0 Å². The molecular formula is C18H18BrN3O. The Hall–Kier alpha value is -2.27. The van der Waals surface area contributed by atoms with E-state index in [1.807, 2.05) is 30.3 Å². The van der Waals surface area contributed by atoms with E-state index in [-0.39, 0.29) is 6.04 Å². The van der Waals surface area contributed by atoms with Crippen molar-refractivity contribution in [1.29, 1.82) is 0 Å². The Balaban J connectivity index is 2.07. The zero-order valence-electron chi connectivity index (χ0n) is 13.0. The van der Waals surface area contributed by atoms with Crippen LogP contribution in [-0.2, 0) is 0 Å². The van der Waals surface area contributed by atoms with E-state index in [4.69, 9.17) is 10.5 Å². The van der Waals surface area contributed by atoms with Gasteiger partial charge in [0.1, 0.15) is 5.75 Å². The van der Waals surface area contributed by atoms with Crippen molar-refractivity contribution in [1.82, 2.24) is 4.98 Å². The maximum absolute atomic E-state index is 6.17. The summed E-state index contributed by atoms with van der Waals surface area (Å²) in [7, 11) is 1.64. The van der Waals surface area contributed by atoms with E-state index < -0.39 is 0 Å². The summed E-state index contributed by atoms with van der Waals surface area (Å²) < 4.78 is 6.26. The highest BCUT2D eigenvalue weighted by Crippen LogP contribution is 2.36. The number of aromatic nitrogens is 1. The van der Waals surface area contributed by atoms with Gasteiger partial charge in [-0.25, -0.2) is 0 Å². The van der Waals surface area contributed by atoms with Crippen LogP contribution in [0.25, 0.3) is 10.9 Å². The van der Waals surface area contributed by atoms with Crippen LogP contribution >= 0.6 is 15.9 Å². The van der Waals surface area contributed by atoms with E-state index >= 15 is 0 Å². The van der Waals surface area contributed by atoms with Crippen molar-refractivity contribution < 1.29 is 4.74 Å². The van der Waals surface area contributed by atoms with E-state index in [0.29, 0.717) is 5.69 Å². The number of hydrogen-bond acceptors (Lipinski definition) is 4. The molecule has 4 nitrogen and oxygen atoms in total. The van der Waals surface area contributed by atoms with E-state index in [0.717, 1.165) is 26.8 Å². The molecule has 0 aliphatic rings. The highest BCUT2D eigenvalue weighted by molar-refractivity contribution is 9.10. The summed E-state index contributed by atoms with van der Waals surface area (Å²) >= 11 is 3.49. The van der Waals surface area contributed by atoms with Gasteiger partial charge < -0.3 is 15.8 Å². The fourth-order valence-electron chi connectivity index (χ4n) is 2.57. The van der Waals surface area contributed by atoms with Crippen molar-refractivity contribution in [2.24, 2.45) is 0 Å². The van der Waals surface area contributed by atoms with Crippen molar-refractivity contribution in [3.05, 3.63) is 58.7 Å². The Bertz CT molecular complexity index is 837. The van der Waals surface area contributed by atoms with E-state index in [1.165, 1.54) is 5.56 Å². The molecule has 0 aliphatic carbocycles. The van der Waals surface area contributed by atoms with Crippen LogP contribution in [0.15, 0.2) is 53.1 Å². The average Bonchev–Trinajstić information content (AvgIpc) is 2.57. The number of hydrogen-bond donors (Lipinski definition) is 2. The molecule has 23 heavy (non-hydrogen) atoms. The molecule has 0 bridgehead atoms. The van der Waals surface area contributed by atoms with Gasteiger partial charge in [-0.3, -0.25) is 4.98 Å². The van der Waals surface area contributed by atoms with Gasteiger partial charge in [-0.1, -0.05) is 30.3 Å². The summed E-state index contributed by atoms with van der Waals surface area (Å²) in [6.45, 7) is 2.11. The number of nitrogens with zero attached hydrogens (tertiary/aromatic N) is 1. The van der Waals surface area contributed by atoms with Crippen LogP contribution < -0.4 is 15.8 Å². The first-order chi connectivity index (χ1) is 11.1. The molecule has 3 rings (SSSR count). The predicted octanol–water partition coefficient (Wildman–Crippen LogP) is 4.76. The molecule has 1 aromatic heterocycles.